The molecule has 2 aromatic carbocycles. The van der Waals surface area contributed by atoms with Crippen LogP contribution in [0.2, 0.25) is 0 Å². The minimum absolute atomic E-state index is 0. The molecule has 1 heterocycles. The van der Waals surface area contributed by atoms with Crippen LogP contribution in [0.5, 0.6) is 0 Å². The average molecular weight is 397 g/mol. The Hall–Kier alpha value is -2.57. The van der Waals surface area contributed by atoms with Crippen LogP contribution in [0.15, 0.2) is 54.9 Å². The van der Waals surface area contributed by atoms with E-state index in [1.807, 2.05) is 24.3 Å². The molecule has 0 aliphatic heterocycles. The van der Waals surface area contributed by atoms with Crippen molar-refractivity contribution in [3.05, 3.63) is 66.2 Å². The Morgan fingerprint density at radius 1 is 1.15 bits per heavy atom. The van der Waals surface area contributed by atoms with Crippen molar-refractivity contribution in [1.82, 2.24) is 10.2 Å². The molecule has 1 aromatic heterocycles. The van der Waals surface area contributed by atoms with Gasteiger partial charge in [0, 0.05) is 17.4 Å². The molecule has 4 N–H and O–H groups in total. The second-order valence-electron chi connectivity index (χ2n) is 5.55. The molecule has 26 heavy (non-hydrogen) atoms. The number of amides is 1. The Morgan fingerprint density at radius 2 is 1.85 bits per heavy atom. The number of carbonyl (C=O) groups excluding carboxylic acids is 1. The number of nitrogens with zero attached hydrogens (tertiary/aromatic N) is 1. The average Bonchev–Trinajstić information content (AvgIpc) is 3.11. The fourth-order valence-electron chi connectivity index (χ4n) is 2.38. The number of aromatic amines is 1. The molecule has 0 fully saturated rings. The van der Waals surface area contributed by atoms with Crippen LogP contribution in [0.3, 0.4) is 0 Å². The first-order chi connectivity index (χ1) is 11.5. The molecule has 0 radical (unpaired) electrons. The number of primary amides is 1. The van der Waals surface area contributed by atoms with E-state index in [4.69, 9.17) is 5.73 Å². The van der Waals surface area contributed by atoms with Gasteiger partial charge in [-0.1, -0.05) is 18.2 Å². The van der Waals surface area contributed by atoms with Gasteiger partial charge in [-0.05, 0) is 42.3 Å². The van der Waals surface area contributed by atoms with Crippen molar-refractivity contribution in [3.8, 4) is 11.1 Å². The Labute approximate surface area is 163 Å². The third kappa shape index (κ3) is 4.74. The molecular formula is C18H19Cl2FN4O. The summed E-state index contributed by atoms with van der Waals surface area (Å²) in [6, 6.07) is 12.0. The van der Waals surface area contributed by atoms with Gasteiger partial charge in [0.1, 0.15) is 5.82 Å². The number of aromatic nitrogens is 2. The van der Waals surface area contributed by atoms with Gasteiger partial charge in [0.2, 0.25) is 5.91 Å². The van der Waals surface area contributed by atoms with Crippen LogP contribution in [-0.2, 0) is 4.79 Å². The summed E-state index contributed by atoms with van der Waals surface area (Å²) >= 11 is 0. The minimum atomic E-state index is -0.477. The second kappa shape index (κ2) is 9.22. The van der Waals surface area contributed by atoms with Crippen molar-refractivity contribution < 1.29 is 9.18 Å². The highest BCUT2D eigenvalue weighted by molar-refractivity contribution is 5.85. The van der Waals surface area contributed by atoms with E-state index in [0.29, 0.717) is 11.3 Å². The normalized spacial score (nSPS) is 11.0. The van der Waals surface area contributed by atoms with Gasteiger partial charge in [-0.2, -0.15) is 5.10 Å². The summed E-state index contributed by atoms with van der Waals surface area (Å²) in [4.78, 5) is 11.3. The molecule has 0 saturated carbocycles. The van der Waals surface area contributed by atoms with Gasteiger partial charge >= 0.3 is 0 Å². The molecule has 0 aliphatic rings. The van der Waals surface area contributed by atoms with Gasteiger partial charge in [-0.15, -0.1) is 24.8 Å². The van der Waals surface area contributed by atoms with E-state index >= 15 is 0 Å². The topological polar surface area (TPSA) is 83.8 Å². The monoisotopic (exact) mass is 396 g/mol. The Kier molecular flexibility index (Phi) is 7.61. The zero-order chi connectivity index (χ0) is 17.1. The highest BCUT2D eigenvalue weighted by Crippen LogP contribution is 2.26. The maximum Gasteiger partial charge on any atom is 0.224 e. The third-order valence-corrected chi connectivity index (χ3v) is 3.91. The Morgan fingerprint density at radius 3 is 2.42 bits per heavy atom. The fourth-order valence-corrected chi connectivity index (χ4v) is 2.38. The van der Waals surface area contributed by atoms with E-state index in [9.17, 15) is 9.18 Å². The minimum Gasteiger partial charge on any atom is -0.369 e. The zero-order valence-corrected chi connectivity index (χ0v) is 15.5. The van der Waals surface area contributed by atoms with E-state index in [0.717, 1.165) is 16.8 Å². The summed E-state index contributed by atoms with van der Waals surface area (Å²) in [6.45, 7) is 1.69. The molecule has 8 heteroatoms. The van der Waals surface area contributed by atoms with Crippen LogP contribution in [0.1, 0.15) is 18.4 Å². The molecule has 5 nitrogen and oxygen atoms in total. The van der Waals surface area contributed by atoms with Gasteiger partial charge in [-0.25, -0.2) is 4.39 Å². The molecule has 0 aliphatic carbocycles. The number of H-pyrrole nitrogens is 1. The summed E-state index contributed by atoms with van der Waals surface area (Å²) < 4.78 is 14.0. The quantitative estimate of drug-likeness (QED) is 0.597. The molecular weight excluding hydrogens is 378 g/mol. The van der Waals surface area contributed by atoms with Crippen LogP contribution in [0.25, 0.3) is 11.1 Å². The van der Waals surface area contributed by atoms with Crippen LogP contribution >= 0.6 is 24.8 Å². The van der Waals surface area contributed by atoms with Crippen LogP contribution in [0, 0.1) is 5.82 Å². The van der Waals surface area contributed by atoms with Crippen molar-refractivity contribution in [3.63, 3.8) is 0 Å². The smallest absolute Gasteiger partial charge is 0.224 e. The molecule has 3 rings (SSSR count). The molecule has 0 bridgehead atoms. The second-order valence-corrected chi connectivity index (χ2v) is 5.55. The summed E-state index contributed by atoms with van der Waals surface area (Å²) in [5.41, 5.74) is 9.00. The molecule has 1 unspecified atom stereocenters. The van der Waals surface area contributed by atoms with Gasteiger partial charge in [-0.3, -0.25) is 9.89 Å². The van der Waals surface area contributed by atoms with Gasteiger partial charge in [0.25, 0.3) is 0 Å². The number of carbonyl (C=O) groups is 1. The first-order valence-electron chi connectivity index (χ1n) is 7.49. The van der Waals surface area contributed by atoms with Crippen molar-refractivity contribution in [2.75, 3.05) is 5.32 Å². The van der Waals surface area contributed by atoms with E-state index in [1.54, 1.807) is 31.5 Å². The maximum atomic E-state index is 14.0. The highest BCUT2D eigenvalue weighted by atomic mass is 35.5. The molecule has 3 aromatic rings. The highest BCUT2D eigenvalue weighted by Gasteiger charge is 2.14. The SMILES string of the molecule is CC(C(N)=O)c1ccc(F)c(Nc2ccc(-c3cn[nH]c3)cc2)c1.Cl.Cl. The number of halogens is 3. The van der Waals surface area contributed by atoms with Gasteiger partial charge in [0.15, 0.2) is 0 Å². The lowest BCUT2D eigenvalue weighted by Gasteiger charge is -2.13. The zero-order valence-electron chi connectivity index (χ0n) is 13.9. The number of nitrogens with one attached hydrogen (secondary N) is 2. The largest absolute Gasteiger partial charge is 0.369 e. The summed E-state index contributed by atoms with van der Waals surface area (Å²) in [5, 5.41) is 9.70. The predicted octanol–water partition coefficient (Wildman–Crippen LogP) is 4.39. The third-order valence-electron chi connectivity index (χ3n) is 3.91. The van der Waals surface area contributed by atoms with Crippen molar-refractivity contribution in [1.29, 1.82) is 0 Å². The van der Waals surface area contributed by atoms with E-state index < -0.39 is 17.6 Å². The molecule has 138 valence electrons. The summed E-state index contributed by atoms with van der Waals surface area (Å²) in [7, 11) is 0. The standard InChI is InChI=1S/C18H17FN4O.2ClH/c1-11(18(20)24)13-4-7-16(19)17(8-13)23-15-5-2-12(3-6-15)14-9-21-22-10-14;;/h2-11,23H,1H3,(H2,20,24)(H,21,22);2*1H. The first-order valence-corrected chi connectivity index (χ1v) is 7.49. The molecule has 0 spiro atoms. The molecule has 0 saturated heterocycles. The lowest BCUT2D eigenvalue weighted by atomic mass is 10.00. The van der Waals surface area contributed by atoms with Crippen LogP contribution in [0.4, 0.5) is 15.8 Å². The molecule has 1 amide bonds. The Bertz CT molecular complexity index is 854. The number of benzene rings is 2. The van der Waals surface area contributed by atoms with Gasteiger partial charge < -0.3 is 11.1 Å². The number of hydrogen-bond acceptors (Lipinski definition) is 3. The number of hydrogen-bond donors (Lipinski definition) is 3. The first kappa shape index (κ1) is 21.5. The summed E-state index contributed by atoms with van der Waals surface area (Å²) in [6.07, 6.45) is 3.54. The Balaban J connectivity index is 0.00000169. The van der Waals surface area contributed by atoms with Crippen molar-refractivity contribution >= 4 is 42.1 Å². The maximum absolute atomic E-state index is 14.0. The number of nitrogens with two attached hydrogens (primary N) is 1. The lowest BCUT2D eigenvalue weighted by Crippen LogP contribution is -2.18. The lowest BCUT2D eigenvalue weighted by molar-refractivity contribution is -0.119. The van der Waals surface area contributed by atoms with E-state index in [2.05, 4.69) is 15.5 Å². The van der Waals surface area contributed by atoms with E-state index in [-0.39, 0.29) is 24.8 Å². The van der Waals surface area contributed by atoms with E-state index in [1.165, 1.54) is 6.07 Å². The fraction of sp³-hybridized carbons (Fsp3) is 0.111. The van der Waals surface area contributed by atoms with Crippen molar-refractivity contribution in [2.45, 2.75) is 12.8 Å². The van der Waals surface area contributed by atoms with Crippen LogP contribution < -0.4 is 11.1 Å². The van der Waals surface area contributed by atoms with Crippen molar-refractivity contribution in [2.24, 2.45) is 5.73 Å². The predicted molar refractivity (Wildman–Crippen MR) is 106 cm³/mol. The van der Waals surface area contributed by atoms with Crippen LogP contribution in [-0.4, -0.2) is 16.1 Å². The number of rotatable bonds is 5. The molecule has 1 atom stereocenters. The number of anilines is 2. The summed E-state index contributed by atoms with van der Waals surface area (Å²) in [5.74, 6) is -1.32. The van der Waals surface area contributed by atoms with Gasteiger partial charge in [0.05, 0.1) is 17.8 Å².